The van der Waals surface area contributed by atoms with Crippen LogP contribution < -0.4 is 5.32 Å². The van der Waals surface area contributed by atoms with Crippen LogP contribution >= 0.6 is 11.8 Å². The van der Waals surface area contributed by atoms with Gasteiger partial charge in [-0.15, -0.1) is 11.8 Å². The summed E-state index contributed by atoms with van der Waals surface area (Å²) in [6.07, 6.45) is 5.06. The second-order valence-electron chi connectivity index (χ2n) is 4.91. The summed E-state index contributed by atoms with van der Waals surface area (Å²) in [5.41, 5.74) is 0. The van der Waals surface area contributed by atoms with E-state index in [-0.39, 0.29) is 5.97 Å². The van der Waals surface area contributed by atoms with Gasteiger partial charge in [0.15, 0.2) is 0 Å². The lowest BCUT2D eigenvalue weighted by Gasteiger charge is -2.35. The minimum absolute atomic E-state index is 0.0728. The van der Waals surface area contributed by atoms with E-state index in [9.17, 15) is 4.79 Å². The van der Waals surface area contributed by atoms with Crippen molar-refractivity contribution in [1.29, 1.82) is 0 Å². The van der Waals surface area contributed by atoms with Gasteiger partial charge in [-0.3, -0.25) is 4.79 Å². The molecule has 3 nitrogen and oxygen atoms in total. The fraction of sp³-hybridized carbons (Fsp3) is 0.929. The summed E-state index contributed by atoms with van der Waals surface area (Å²) in [4.78, 5) is 11.4. The van der Waals surface area contributed by atoms with Crippen LogP contribution in [0, 0.1) is 5.92 Å². The van der Waals surface area contributed by atoms with Gasteiger partial charge in [0, 0.05) is 11.3 Å². The zero-order valence-corrected chi connectivity index (χ0v) is 12.7. The van der Waals surface area contributed by atoms with E-state index >= 15 is 0 Å². The first kappa shape index (κ1) is 15.8. The predicted octanol–water partition coefficient (Wildman–Crippen LogP) is 2.84. The van der Waals surface area contributed by atoms with Gasteiger partial charge in [-0.2, -0.15) is 0 Å². The molecule has 1 N–H and O–H groups in total. The van der Waals surface area contributed by atoms with Gasteiger partial charge in [0.2, 0.25) is 0 Å². The molecule has 1 aliphatic rings. The fourth-order valence-electron chi connectivity index (χ4n) is 2.64. The largest absolute Gasteiger partial charge is 0.465 e. The highest BCUT2D eigenvalue weighted by atomic mass is 32.2. The zero-order valence-electron chi connectivity index (χ0n) is 11.9. The Kier molecular flexibility index (Phi) is 7.75. The third kappa shape index (κ3) is 5.19. The van der Waals surface area contributed by atoms with E-state index in [1.807, 2.05) is 6.92 Å². The Labute approximate surface area is 115 Å². The summed E-state index contributed by atoms with van der Waals surface area (Å²) in [7, 11) is 0. The topological polar surface area (TPSA) is 38.3 Å². The molecule has 3 atom stereocenters. The number of ether oxygens (including phenoxy) is 1. The van der Waals surface area contributed by atoms with Crippen LogP contribution in [0.1, 0.15) is 46.5 Å². The molecule has 1 rings (SSSR count). The molecule has 0 aliphatic heterocycles. The molecule has 1 saturated carbocycles. The quantitative estimate of drug-likeness (QED) is 0.724. The van der Waals surface area contributed by atoms with Crippen molar-refractivity contribution in [2.24, 2.45) is 5.92 Å². The van der Waals surface area contributed by atoms with E-state index in [1.165, 1.54) is 25.7 Å². The molecule has 0 heterocycles. The van der Waals surface area contributed by atoms with Crippen molar-refractivity contribution < 1.29 is 9.53 Å². The first-order valence-corrected chi connectivity index (χ1v) is 8.26. The molecule has 0 saturated heterocycles. The molecule has 4 heteroatoms. The van der Waals surface area contributed by atoms with Gasteiger partial charge in [0.25, 0.3) is 0 Å². The number of esters is 1. The monoisotopic (exact) mass is 273 g/mol. The molecule has 1 aliphatic carbocycles. The minimum atomic E-state index is -0.0728. The lowest BCUT2D eigenvalue weighted by molar-refractivity contribution is -0.139. The molecule has 106 valence electrons. The lowest BCUT2D eigenvalue weighted by atomic mass is 9.84. The number of rotatable bonds is 7. The Balaban J connectivity index is 2.42. The minimum Gasteiger partial charge on any atom is -0.465 e. The smallest absolute Gasteiger partial charge is 0.315 e. The van der Waals surface area contributed by atoms with Gasteiger partial charge in [-0.25, -0.2) is 0 Å². The second-order valence-corrected chi connectivity index (χ2v) is 6.13. The average Bonchev–Trinajstić information content (AvgIpc) is 2.38. The van der Waals surface area contributed by atoms with E-state index in [1.54, 1.807) is 11.8 Å². The molecule has 0 amide bonds. The number of hydrogen-bond acceptors (Lipinski definition) is 4. The van der Waals surface area contributed by atoms with Crippen LogP contribution in [0.25, 0.3) is 0 Å². The summed E-state index contributed by atoms with van der Waals surface area (Å²) >= 11 is 1.78. The zero-order chi connectivity index (χ0) is 13.4. The van der Waals surface area contributed by atoms with Gasteiger partial charge >= 0.3 is 5.97 Å². The number of thioether (sulfide) groups is 1. The number of hydrogen-bond donors (Lipinski definition) is 1. The fourth-order valence-corrected chi connectivity index (χ4v) is 3.95. The molecule has 3 unspecified atom stereocenters. The van der Waals surface area contributed by atoms with E-state index in [2.05, 4.69) is 19.2 Å². The molecule has 0 bridgehead atoms. The maximum atomic E-state index is 11.4. The van der Waals surface area contributed by atoms with Gasteiger partial charge in [-0.05, 0) is 38.6 Å². The average molecular weight is 273 g/mol. The van der Waals surface area contributed by atoms with Crippen LogP contribution in [0.2, 0.25) is 0 Å². The highest BCUT2D eigenvalue weighted by molar-refractivity contribution is 8.00. The maximum Gasteiger partial charge on any atom is 0.315 e. The summed E-state index contributed by atoms with van der Waals surface area (Å²) in [6.45, 7) is 7.78. The highest BCUT2D eigenvalue weighted by Crippen LogP contribution is 2.34. The molecule has 0 aromatic carbocycles. The standard InChI is InChI=1S/C14H27NO2S/c1-4-11-7-8-12(15-5-2)13(9-11)18-10-14(16)17-6-3/h11-13,15H,4-10H2,1-3H3. The SMILES string of the molecule is CCNC1CCC(CC)CC1SCC(=O)OCC. The summed E-state index contributed by atoms with van der Waals surface area (Å²) in [6, 6.07) is 0.567. The molecular weight excluding hydrogens is 246 g/mol. The van der Waals surface area contributed by atoms with Crippen molar-refractivity contribution in [3.8, 4) is 0 Å². The van der Waals surface area contributed by atoms with Crippen molar-refractivity contribution in [3.05, 3.63) is 0 Å². The summed E-state index contributed by atoms with van der Waals surface area (Å²) in [5, 5.41) is 4.12. The van der Waals surface area contributed by atoms with Gasteiger partial charge in [0.05, 0.1) is 12.4 Å². The molecule has 0 aromatic rings. The summed E-state index contributed by atoms with van der Waals surface area (Å²) in [5.74, 6) is 1.26. The van der Waals surface area contributed by atoms with E-state index in [0.717, 1.165) is 12.5 Å². The van der Waals surface area contributed by atoms with Crippen molar-refractivity contribution in [3.63, 3.8) is 0 Å². The lowest BCUT2D eigenvalue weighted by Crippen LogP contribution is -2.42. The molecule has 0 radical (unpaired) electrons. The van der Waals surface area contributed by atoms with E-state index in [4.69, 9.17) is 4.74 Å². The van der Waals surface area contributed by atoms with Crippen LogP contribution in [-0.4, -0.2) is 36.2 Å². The van der Waals surface area contributed by atoms with Crippen molar-refractivity contribution in [1.82, 2.24) is 5.32 Å². The maximum absolute atomic E-state index is 11.4. The number of carbonyl (C=O) groups is 1. The first-order chi connectivity index (χ1) is 8.71. The Hall–Kier alpha value is -0.220. The van der Waals surface area contributed by atoms with Crippen molar-refractivity contribution in [2.75, 3.05) is 18.9 Å². The predicted molar refractivity (Wildman–Crippen MR) is 78.0 cm³/mol. The summed E-state index contributed by atoms with van der Waals surface area (Å²) < 4.78 is 5.00. The third-order valence-corrected chi connectivity index (χ3v) is 5.02. The molecule has 0 aromatic heterocycles. The molecule has 18 heavy (non-hydrogen) atoms. The Morgan fingerprint density at radius 2 is 2.11 bits per heavy atom. The third-order valence-electron chi connectivity index (χ3n) is 3.66. The van der Waals surface area contributed by atoms with Crippen LogP contribution in [0.4, 0.5) is 0 Å². The Morgan fingerprint density at radius 1 is 1.33 bits per heavy atom. The Morgan fingerprint density at radius 3 is 2.72 bits per heavy atom. The number of carbonyl (C=O) groups excluding carboxylic acids is 1. The first-order valence-electron chi connectivity index (χ1n) is 7.21. The van der Waals surface area contributed by atoms with Crippen LogP contribution in [0.5, 0.6) is 0 Å². The van der Waals surface area contributed by atoms with Gasteiger partial charge in [-0.1, -0.05) is 20.3 Å². The van der Waals surface area contributed by atoms with Gasteiger partial charge < -0.3 is 10.1 Å². The van der Waals surface area contributed by atoms with E-state index < -0.39 is 0 Å². The Bertz CT molecular complexity index is 248. The molecule has 0 spiro atoms. The molecular formula is C14H27NO2S. The second kappa shape index (κ2) is 8.81. The highest BCUT2D eigenvalue weighted by Gasteiger charge is 2.30. The van der Waals surface area contributed by atoms with Crippen molar-refractivity contribution >= 4 is 17.7 Å². The van der Waals surface area contributed by atoms with E-state index in [0.29, 0.717) is 23.7 Å². The van der Waals surface area contributed by atoms with Gasteiger partial charge in [0.1, 0.15) is 0 Å². The molecule has 1 fully saturated rings. The number of nitrogens with one attached hydrogen (secondary N) is 1. The van der Waals surface area contributed by atoms with Crippen molar-refractivity contribution in [2.45, 2.75) is 57.7 Å². The van der Waals surface area contributed by atoms with Crippen LogP contribution in [0.15, 0.2) is 0 Å². The van der Waals surface area contributed by atoms with Crippen LogP contribution in [-0.2, 0) is 9.53 Å². The normalized spacial score (nSPS) is 28.1. The van der Waals surface area contributed by atoms with Crippen LogP contribution in [0.3, 0.4) is 0 Å².